The molecule has 6 aromatic carbocycles. The van der Waals surface area contributed by atoms with Gasteiger partial charge in [-0.3, -0.25) is 0 Å². The van der Waals surface area contributed by atoms with Gasteiger partial charge >= 0.3 is 0 Å². The molecule has 0 aliphatic heterocycles. The Morgan fingerprint density at radius 1 is 0.220 bits per heavy atom. The zero-order valence-corrected chi connectivity index (χ0v) is 27.0. The van der Waals surface area contributed by atoms with Gasteiger partial charge in [0.05, 0.1) is 44.8 Å². The molecule has 10 rings (SSSR count). The van der Waals surface area contributed by atoms with Crippen LogP contribution in [-0.2, 0) is 0 Å². The highest BCUT2D eigenvalue weighted by molar-refractivity contribution is 6.05. The Morgan fingerprint density at radius 2 is 0.500 bits per heavy atom. The predicted octanol–water partition coefficient (Wildman–Crippen LogP) is 11.7. The van der Waals surface area contributed by atoms with Gasteiger partial charge in [0.25, 0.3) is 0 Å². The Balaban J connectivity index is 1.03. The van der Waals surface area contributed by atoms with Crippen LogP contribution < -0.4 is 0 Å². The van der Waals surface area contributed by atoms with Crippen LogP contribution in [0.5, 0.6) is 0 Å². The number of hydrogen-bond donors (Lipinski definition) is 0. The number of pyridine rings is 4. The van der Waals surface area contributed by atoms with E-state index in [0.717, 1.165) is 99.4 Å². The van der Waals surface area contributed by atoms with E-state index in [2.05, 4.69) is 133 Å². The molecule has 0 aliphatic carbocycles. The topological polar surface area (TPSA) is 51.6 Å². The molecule has 50 heavy (non-hydrogen) atoms. The van der Waals surface area contributed by atoms with Gasteiger partial charge in [0, 0.05) is 43.8 Å². The fourth-order valence-electron chi connectivity index (χ4n) is 6.96. The van der Waals surface area contributed by atoms with Gasteiger partial charge in [-0.2, -0.15) is 0 Å². The maximum Gasteiger partial charge on any atom is 0.0972 e. The largest absolute Gasteiger partial charge is 0.245 e. The molecule has 0 N–H and O–H groups in total. The van der Waals surface area contributed by atoms with Gasteiger partial charge < -0.3 is 0 Å². The maximum atomic E-state index is 5.18. The molecular formula is C46H28N4. The highest BCUT2D eigenvalue weighted by Gasteiger charge is 2.12. The Morgan fingerprint density at radius 3 is 0.840 bits per heavy atom. The lowest BCUT2D eigenvalue weighted by Crippen LogP contribution is -1.91. The highest BCUT2D eigenvalue weighted by atomic mass is 14.8. The fraction of sp³-hybridized carbons (Fsp3) is 0. The van der Waals surface area contributed by atoms with E-state index in [1.807, 2.05) is 36.4 Å². The summed E-state index contributed by atoms with van der Waals surface area (Å²) in [6.45, 7) is 0. The minimum Gasteiger partial charge on any atom is -0.245 e. The molecule has 0 saturated carbocycles. The fourth-order valence-corrected chi connectivity index (χ4v) is 6.96. The number of benzene rings is 6. The van der Waals surface area contributed by atoms with Crippen molar-refractivity contribution in [2.45, 2.75) is 0 Å². The summed E-state index contributed by atoms with van der Waals surface area (Å²) in [7, 11) is 0. The molecule has 0 spiro atoms. The molecule has 0 bridgehead atoms. The lowest BCUT2D eigenvalue weighted by Gasteiger charge is -2.10. The van der Waals surface area contributed by atoms with Crippen molar-refractivity contribution in [1.82, 2.24) is 19.9 Å². The van der Waals surface area contributed by atoms with Crippen molar-refractivity contribution in [3.8, 4) is 45.0 Å². The minimum absolute atomic E-state index is 0.911. The molecule has 4 heterocycles. The third-order valence-corrected chi connectivity index (χ3v) is 9.61. The van der Waals surface area contributed by atoms with Crippen molar-refractivity contribution in [2.75, 3.05) is 0 Å². The summed E-state index contributed by atoms with van der Waals surface area (Å²) in [4.78, 5) is 20.5. The Kier molecular flexibility index (Phi) is 6.46. The lowest BCUT2D eigenvalue weighted by molar-refractivity contribution is 1.36. The van der Waals surface area contributed by atoms with E-state index in [1.54, 1.807) is 0 Å². The van der Waals surface area contributed by atoms with E-state index in [4.69, 9.17) is 19.9 Å². The smallest absolute Gasteiger partial charge is 0.0972 e. The van der Waals surface area contributed by atoms with E-state index < -0.39 is 0 Å². The van der Waals surface area contributed by atoms with Gasteiger partial charge in [0.15, 0.2) is 0 Å². The van der Waals surface area contributed by atoms with Gasteiger partial charge in [-0.1, -0.05) is 133 Å². The molecule has 0 atom stereocenters. The first-order chi connectivity index (χ1) is 24.7. The minimum atomic E-state index is 0.911. The number of rotatable bonds is 4. The summed E-state index contributed by atoms with van der Waals surface area (Å²) >= 11 is 0. The summed E-state index contributed by atoms with van der Waals surface area (Å²) in [5, 5.41) is 6.61. The van der Waals surface area contributed by atoms with Gasteiger partial charge in [-0.25, -0.2) is 19.9 Å². The summed E-state index contributed by atoms with van der Waals surface area (Å²) in [5.41, 5.74) is 11.7. The number of fused-ring (bicyclic) bond motifs is 7. The second kappa shape index (κ2) is 11.4. The van der Waals surface area contributed by atoms with Crippen LogP contribution in [0.15, 0.2) is 170 Å². The number of nitrogens with zero attached hydrogens (tertiary/aromatic N) is 4. The SMILES string of the molecule is c1ccc(-c2ccc3ccc4ccc(-c5ccc6cc(-c7ccc8ccc9ccc(-c%10ccccc%10)nc9c8n7)ccc6c5)nc4c3n2)cc1. The molecule has 4 aromatic heterocycles. The Hall–Kier alpha value is -6.78. The van der Waals surface area contributed by atoms with Gasteiger partial charge in [0.1, 0.15) is 0 Å². The van der Waals surface area contributed by atoms with E-state index in [9.17, 15) is 0 Å². The van der Waals surface area contributed by atoms with Crippen LogP contribution in [0.3, 0.4) is 0 Å². The van der Waals surface area contributed by atoms with Gasteiger partial charge in [-0.05, 0) is 47.2 Å². The summed E-state index contributed by atoms with van der Waals surface area (Å²) in [5.74, 6) is 0. The second-order valence-corrected chi connectivity index (χ2v) is 12.7. The molecule has 10 aromatic rings. The molecule has 0 unspecified atom stereocenters. The van der Waals surface area contributed by atoms with E-state index >= 15 is 0 Å². The van der Waals surface area contributed by atoms with E-state index in [1.165, 1.54) is 0 Å². The van der Waals surface area contributed by atoms with E-state index in [0.29, 0.717) is 0 Å². The molecule has 0 aliphatic rings. The van der Waals surface area contributed by atoms with Crippen LogP contribution in [0.1, 0.15) is 0 Å². The van der Waals surface area contributed by atoms with Crippen molar-refractivity contribution >= 4 is 54.4 Å². The first-order valence-electron chi connectivity index (χ1n) is 16.8. The number of hydrogen-bond acceptors (Lipinski definition) is 4. The average Bonchev–Trinajstić information content (AvgIpc) is 3.20. The highest BCUT2D eigenvalue weighted by Crippen LogP contribution is 2.33. The number of aromatic nitrogens is 4. The zero-order chi connectivity index (χ0) is 33.0. The molecule has 0 amide bonds. The summed E-state index contributed by atoms with van der Waals surface area (Å²) in [6, 6.07) is 59.2. The van der Waals surface area contributed by atoms with E-state index in [-0.39, 0.29) is 0 Å². The first kappa shape index (κ1) is 28.3. The summed E-state index contributed by atoms with van der Waals surface area (Å²) in [6.07, 6.45) is 0. The van der Waals surface area contributed by atoms with Crippen LogP contribution in [0.2, 0.25) is 0 Å². The van der Waals surface area contributed by atoms with Crippen LogP contribution in [0.25, 0.3) is 99.4 Å². The maximum absolute atomic E-state index is 5.18. The Bertz CT molecular complexity index is 2720. The van der Waals surface area contributed by atoms with Crippen molar-refractivity contribution < 1.29 is 0 Å². The quantitative estimate of drug-likeness (QED) is 0.180. The van der Waals surface area contributed by atoms with Crippen LogP contribution in [-0.4, -0.2) is 19.9 Å². The third-order valence-electron chi connectivity index (χ3n) is 9.61. The molecule has 0 saturated heterocycles. The van der Waals surface area contributed by atoms with Gasteiger partial charge in [0.2, 0.25) is 0 Å². The summed E-state index contributed by atoms with van der Waals surface area (Å²) < 4.78 is 0. The van der Waals surface area contributed by atoms with Gasteiger partial charge in [-0.15, -0.1) is 0 Å². The predicted molar refractivity (Wildman–Crippen MR) is 207 cm³/mol. The molecule has 0 radical (unpaired) electrons. The normalized spacial score (nSPS) is 11.6. The van der Waals surface area contributed by atoms with Crippen LogP contribution in [0.4, 0.5) is 0 Å². The molecule has 232 valence electrons. The lowest BCUT2D eigenvalue weighted by atomic mass is 10.00. The average molecular weight is 637 g/mol. The van der Waals surface area contributed by atoms with Crippen LogP contribution >= 0.6 is 0 Å². The second-order valence-electron chi connectivity index (χ2n) is 12.7. The van der Waals surface area contributed by atoms with Crippen molar-refractivity contribution in [1.29, 1.82) is 0 Å². The van der Waals surface area contributed by atoms with Crippen LogP contribution in [0, 0.1) is 0 Å². The first-order valence-corrected chi connectivity index (χ1v) is 16.8. The molecule has 4 nitrogen and oxygen atoms in total. The van der Waals surface area contributed by atoms with Crippen molar-refractivity contribution in [3.63, 3.8) is 0 Å². The Labute approximate surface area is 288 Å². The molecule has 0 fully saturated rings. The zero-order valence-electron chi connectivity index (χ0n) is 27.0. The molecular weight excluding hydrogens is 609 g/mol. The standard InChI is InChI=1S/C46H28N4/c1-3-7-29(8-4-1)39-23-19-31-11-13-33-21-25-41(49-45(33)43(31)47-39)37-17-15-36-28-38(18-16-35(36)27-37)42-26-22-34-14-12-32-20-24-40(30-9-5-2-6-10-30)48-44(32)46(34)50-42/h1-28H. The van der Waals surface area contributed by atoms with Crippen molar-refractivity contribution in [3.05, 3.63) is 170 Å². The monoisotopic (exact) mass is 636 g/mol. The molecule has 4 heteroatoms. The van der Waals surface area contributed by atoms with Crippen molar-refractivity contribution in [2.24, 2.45) is 0 Å². The third kappa shape index (κ3) is 4.85.